The molecule has 0 aliphatic carbocycles. The number of halogens is 3. The van der Waals surface area contributed by atoms with Gasteiger partial charge in [-0.05, 0) is 40.5 Å². The van der Waals surface area contributed by atoms with Crippen molar-refractivity contribution in [2.24, 2.45) is 0 Å². The zero-order valence-electron chi connectivity index (χ0n) is 9.03. The van der Waals surface area contributed by atoms with E-state index in [1.54, 1.807) is 19.2 Å². The van der Waals surface area contributed by atoms with Crippen molar-refractivity contribution in [1.82, 2.24) is 5.32 Å². The summed E-state index contributed by atoms with van der Waals surface area (Å²) < 4.78 is 19.1. The molecule has 0 spiro atoms. The summed E-state index contributed by atoms with van der Waals surface area (Å²) in [5, 5.41) is 3.30. The lowest BCUT2D eigenvalue weighted by atomic mass is 10.1. The summed E-state index contributed by atoms with van der Waals surface area (Å²) in [7, 11) is 1.65. The van der Waals surface area contributed by atoms with Crippen LogP contribution in [0.4, 0.5) is 4.39 Å². The van der Waals surface area contributed by atoms with Gasteiger partial charge in [0.05, 0.1) is 11.6 Å². The molecule has 2 nitrogen and oxygen atoms in total. The van der Waals surface area contributed by atoms with E-state index in [4.69, 9.17) is 16.3 Å². The second-order valence-electron chi connectivity index (χ2n) is 3.33. The van der Waals surface area contributed by atoms with E-state index in [2.05, 4.69) is 21.2 Å². The quantitative estimate of drug-likeness (QED) is 0.644. The molecule has 0 fully saturated rings. The van der Waals surface area contributed by atoms with Gasteiger partial charge in [-0.15, -0.1) is 0 Å². The van der Waals surface area contributed by atoms with E-state index in [1.165, 1.54) is 0 Å². The van der Waals surface area contributed by atoms with Crippen molar-refractivity contribution in [3.05, 3.63) is 33.0 Å². The Balaban J connectivity index is 2.45. The molecule has 0 radical (unpaired) electrons. The van der Waals surface area contributed by atoms with E-state index in [0.29, 0.717) is 29.6 Å². The average molecular weight is 311 g/mol. The van der Waals surface area contributed by atoms with Crippen molar-refractivity contribution in [3.8, 4) is 0 Å². The molecule has 1 N–H and O–H groups in total. The molecule has 0 bridgehead atoms. The zero-order chi connectivity index (χ0) is 12.0. The molecule has 0 aliphatic heterocycles. The van der Waals surface area contributed by atoms with Crippen LogP contribution in [0.1, 0.15) is 5.56 Å². The second kappa shape index (κ2) is 7.22. The third kappa shape index (κ3) is 4.01. The summed E-state index contributed by atoms with van der Waals surface area (Å²) in [6.45, 7) is 2.13. The fourth-order valence-electron chi connectivity index (χ4n) is 1.28. The van der Waals surface area contributed by atoms with Crippen molar-refractivity contribution >= 4 is 27.5 Å². The largest absolute Gasteiger partial charge is 0.383 e. The summed E-state index contributed by atoms with van der Waals surface area (Å²) in [6, 6.07) is 3.50. The van der Waals surface area contributed by atoms with Crippen molar-refractivity contribution < 1.29 is 9.13 Å². The van der Waals surface area contributed by atoms with Crippen LogP contribution >= 0.6 is 27.5 Å². The first kappa shape index (κ1) is 13.9. The Bertz CT molecular complexity index is 349. The molecule has 0 aliphatic rings. The van der Waals surface area contributed by atoms with Gasteiger partial charge in [-0.2, -0.15) is 0 Å². The lowest BCUT2D eigenvalue weighted by molar-refractivity contribution is 0.199. The van der Waals surface area contributed by atoms with Gasteiger partial charge in [-0.1, -0.05) is 17.7 Å². The van der Waals surface area contributed by atoms with Crippen molar-refractivity contribution in [2.75, 3.05) is 26.8 Å². The van der Waals surface area contributed by atoms with Gasteiger partial charge >= 0.3 is 0 Å². The first-order valence-electron chi connectivity index (χ1n) is 4.99. The smallest absolute Gasteiger partial charge is 0.146 e. The fraction of sp³-hybridized carbons (Fsp3) is 0.455. The topological polar surface area (TPSA) is 21.3 Å². The standard InChI is InChI=1S/C11H14BrClFNO/c1-16-7-6-15-5-4-8-2-3-9(12)10(13)11(8)14/h2-3,15H,4-7H2,1H3. The molecule has 0 heterocycles. The van der Waals surface area contributed by atoms with Gasteiger partial charge in [0.25, 0.3) is 0 Å². The Hall–Kier alpha value is -0.160. The van der Waals surface area contributed by atoms with Gasteiger partial charge in [0, 0.05) is 18.1 Å². The van der Waals surface area contributed by atoms with Crippen LogP contribution in [-0.2, 0) is 11.2 Å². The number of methoxy groups -OCH3 is 1. The molecule has 1 aromatic carbocycles. The minimum Gasteiger partial charge on any atom is -0.383 e. The number of hydrogen-bond acceptors (Lipinski definition) is 2. The van der Waals surface area contributed by atoms with Crippen LogP contribution in [0.2, 0.25) is 5.02 Å². The van der Waals surface area contributed by atoms with E-state index in [-0.39, 0.29) is 10.8 Å². The van der Waals surface area contributed by atoms with Crippen molar-refractivity contribution in [2.45, 2.75) is 6.42 Å². The number of hydrogen-bond donors (Lipinski definition) is 1. The SMILES string of the molecule is COCCNCCc1ccc(Br)c(Cl)c1F. The van der Waals surface area contributed by atoms with Gasteiger partial charge in [-0.3, -0.25) is 0 Å². The summed E-state index contributed by atoms with van der Waals surface area (Å²) >= 11 is 8.96. The minimum absolute atomic E-state index is 0.148. The van der Waals surface area contributed by atoms with Crippen LogP contribution in [0, 0.1) is 5.82 Å². The maximum atomic E-state index is 13.6. The minimum atomic E-state index is -0.343. The van der Waals surface area contributed by atoms with Gasteiger partial charge in [0.1, 0.15) is 5.82 Å². The highest BCUT2D eigenvalue weighted by Crippen LogP contribution is 2.27. The van der Waals surface area contributed by atoms with Crippen LogP contribution < -0.4 is 5.32 Å². The van der Waals surface area contributed by atoms with Crippen LogP contribution in [0.15, 0.2) is 16.6 Å². The third-order valence-corrected chi connectivity index (χ3v) is 3.43. The van der Waals surface area contributed by atoms with E-state index in [0.717, 1.165) is 6.54 Å². The lowest BCUT2D eigenvalue weighted by Gasteiger charge is -2.07. The molecule has 16 heavy (non-hydrogen) atoms. The van der Waals surface area contributed by atoms with Gasteiger partial charge in [-0.25, -0.2) is 4.39 Å². The van der Waals surface area contributed by atoms with Crippen LogP contribution in [0.3, 0.4) is 0 Å². The number of nitrogens with one attached hydrogen (secondary N) is 1. The highest BCUT2D eigenvalue weighted by molar-refractivity contribution is 9.10. The van der Waals surface area contributed by atoms with E-state index >= 15 is 0 Å². The molecule has 0 aromatic heterocycles. The van der Waals surface area contributed by atoms with Crippen molar-refractivity contribution in [1.29, 1.82) is 0 Å². The Morgan fingerprint density at radius 3 is 2.88 bits per heavy atom. The summed E-state index contributed by atoms with van der Waals surface area (Å²) in [5.74, 6) is -0.343. The van der Waals surface area contributed by atoms with Gasteiger partial charge < -0.3 is 10.1 Å². The number of benzene rings is 1. The lowest BCUT2D eigenvalue weighted by Crippen LogP contribution is -2.22. The van der Waals surface area contributed by atoms with E-state index in [9.17, 15) is 4.39 Å². The Labute approximate surface area is 108 Å². The molecule has 0 atom stereocenters. The average Bonchev–Trinajstić information content (AvgIpc) is 2.28. The Kier molecular flexibility index (Phi) is 6.28. The van der Waals surface area contributed by atoms with Crippen LogP contribution in [0.5, 0.6) is 0 Å². The Morgan fingerprint density at radius 1 is 1.44 bits per heavy atom. The molecule has 0 amide bonds. The molecule has 0 unspecified atom stereocenters. The first-order valence-corrected chi connectivity index (χ1v) is 6.16. The van der Waals surface area contributed by atoms with Crippen LogP contribution in [-0.4, -0.2) is 26.8 Å². The molecule has 5 heteroatoms. The maximum Gasteiger partial charge on any atom is 0.146 e. The third-order valence-electron chi connectivity index (χ3n) is 2.17. The van der Waals surface area contributed by atoms with Gasteiger partial charge in [0.15, 0.2) is 0 Å². The molecular formula is C11H14BrClFNO. The molecule has 0 saturated heterocycles. The zero-order valence-corrected chi connectivity index (χ0v) is 11.4. The monoisotopic (exact) mass is 309 g/mol. The normalized spacial score (nSPS) is 10.8. The second-order valence-corrected chi connectivity index (χ2v) is 4.56. The summed E-state index contributed by atoms with van der Waals surface area (Å²) in [4.78, 5) is 0. The molecule has 1 rings (SSSR count). The molecular weight excluding hydrogens is 296 g/mol. The highest BCUT2D eigenvalue weighted by atomic mass is 79.9. The summed E-state index contributed by atoms with van der Waals surface area (Å²) in [6.07, 6.45) is 0.614. The first-order chi connectivity index (χ1) is 7.66. The predicted octanol–water partition coefficient (Wildman–Crippen LogP) is 3.02. The van der Waals surface area contributed by atoms with E-state index in [1.807, 2.05) is 0 Å². The van der Waals surface area contributed by atoms with E-state index < -0.39 is 0 Å². The number of rotatable bonds is 6. The van der Waals surface area contributed by atoms with Gasteiger partial charge in [0.2, 0.25) is 0 Å². The van der Waals surface area contributed by atoms with Crippen LogP contribution in [0.25, 0.3) is 0 Å². The Morgan fingerprint density at radius 2 is 2.19 bits per heavy atom. The number of ether oxygens (including phenoxy) is 1. The van der Waals surface area contributed by atoms with Crippen molar-refractivity contribution in [3.63, 3.8) is 0 Å². The highest BCUT2D eigenvalue weighted by Gasteiger charge is 2.09. The fourth-order valence-corrected chi connectivity index (χ4v) is 1.77. The molecule has 90 valence electrons. The maximum absolute atomic E-state index is 13.6. The summed E-state index contributed by atoms with van der Waals surface area (Å²) in [5.41, 5.74) is 0.623. The molecule has 0 saturated carbocycles. The predicted molar refractivity (Wildman–Crippen MR) is 67.6 cm³/mol. The molecule has 1 aromatic rings.